The number of thiophene rings is 1. The number of nitrogens with zero attached hydrogens (tertiary/aromatic N) is 4. The number of carbonyl (C=O) groups excluding carboxylic acids is 3. The van der Waals surface area contributed by atoms with Gasteiger partial charge in [0.05, 0.1) is 5.60 Å². The van der Waals surface area contributed by atoms with Crippen LogP contribution in [-0.2, 0) is 4.79 Å². The topological polar surface area (TPSA) is 104 Å². The van der Waals surface area contributed by atoms with Crippen molar-refractivity contribution in [2.24, 2.45) is 0 Å². The maximum atomic E-state index is 13.4. The van der Waals surface area contributed by atoms with Gasteiger partial charge in [0.2, 0.25) is 0 Å². The number of carbonyl (C=O) groups is 3. The smallest absolute Gasteiger partial charge is 0.295 e. The Morgan fingerprint density at radius 3 is 2.59 bits per heavy atom. The summed E-state index contributed by atoms with van der Waals surface area (Å²) in [5.41, 5.74) is 0.330. The minimum Gasteiger partial charge on any atom is -0.390 e. The Hall–Kier alpha value is -2.95. The Labute approximate surface area is 224 Å². The summed E-state index contributed by atoms with van der Waals surface area (Å²) < 4.78 is 13.4. The molecule has 0 bridgehead atoms. The van der Waals surface area contributed by atoms with Crippen LogP contribution in [0.15, 0.2) is 41.1 Å². The number of hydrogen-bond donors (Lipinski definition) is 1. The number of fused-ring (bicyclic) bond motifs is 1. The lowest BCUT2D eigenvalue weighted by molar-refractivity contribution is -0.124. The lowest BCUT2D eigenvalue weighted by Crippen LogP contribution is -2.36. The monoisotopic (exact) mass is 548 g/mol. The summed E-state index contributed by atoms with van der Waals surface area (Å²) in [6.07, 6.45) is 8.82. The van der Waals surface area contributed by atoms with E-state index in [-0.39, 0.29) is 33.6 Å². The Bertz CT molecular complexity index is 1300. The van der Waals surface area contributed by atoms with Crippen LogP contribution in [0.2, 0.25) is 5.15 Å². The lowest BCUT2D eigenvalue weighted by Gasteiger charge is -2.29. The predicted molar refractivity (Wildman–Crippen MR) is 143 cm³/mol. The first kappa shape index (κ1) is 28.6. The van der Waals surface area contributed by atoms with Crippen molar-refractivity contribution in [3.8, 4) is 0 Å². The summed E-state index contributed by atoms with van der Waals surface area (Å²) in [6.45, 7) is 2.10. The zero-order valence-corrected chi connectivity index (χ0v) is 22.8. The van der Waals surface area contributed by atoms with Gasteiger partial charge in [0, 0.05) is 33.1 Å². The lowest BCUT2D eigenvalue weighted by atomic mass is 9.88. The number of likely N-dealkylation sites (N-methyl/N-ethyl adjacent to an activating group) is 1. The fourth-order valence-electron chi connectivity index (χ4n) is 3.80. The Kier molecular flexibility index (Phi) is 9.33. The van der Waals surface area contributed by atoms with Gasteiger partial charge in [-0.15, -0.1) is 11.3 Å². The van der Waals surface area contributed by atoms with Gasteiger partial charge in [-0.1, -0.05) is 36.2 Å². The molecule has 11 heteroatoms. The van der Waals surface area contributed by atoms with E-state index in [0.717, 1.165) is 16.9 Å². The molecule has 0 aliphatic heterocycles. The summed E-state index contributed by atoms with van der Waals surface area (Å²) in [5.74, 6) is -2.26. The van der Waals surface area contributed by atoms with Crippen molar-refractivity contribution in [1.29, 1.82) is 0 Å². The minimum absolute atomic E-state index is 0.0901. The fraction of sp³-hybridized carbons (Fsp3) is 0.423. The van der Waals surface area contributed by atoms with Crippen LogP contribution >= 0.6 is 22.9 Å². The number of halogens is 2. The molecule has 0 radical (unpaired) electrons. The summed E-state index contributed by atoms with van der Waals surface area (Å²) in [5, 5.41) is 12.6. The molecule has 1 aliphatic rings. The molecule has 8 nitrogen and oxygen atoms in total. The normalized spacial score (nSPS) is 15.0. The van der Waals surface area contributed by atoms with Crippen LogP contribution in [0.4, 0.5) is 4.39 Å². The van der Waals surface area contributed by atoms with Gasteiger partial charge in [0.15, 0.2) is 10.8 Å². The van der Waals surface area contributed by atoms with Crippen molar-refractivity contribution in [1.82, 2.24) is 19.8 Å². The molecule has 0 saturated heterocycles. The van der Waals surface area contributed by atoms with Gasteiger partial charge in [-0.05, 0) is 44.3 Å². The van der Waals surface area contributed by atoms with Crippen LogP contribution in [0.1, 0.15) is 59.2 Å². The Balaban J connectivity index is 1.72. The number of ketones is 1. The van der Waals surface area contributed by atoms with Crippen molar-refractivity contribution in [2.75, 3.05) is 27.7 Å². The van der Waals surface area contributed by atoms with Crippen molar-refractivity contribution < 1.29 is 23.9 Å². The molecule has 2 heterocycles. The molecule has 0 aromatic carbocycles. The Morgan fingerprint density at radius 2 is 1.92 bits per heavy atom. The highest BCUT2D eigenvalue weighted by Gasteiger charge is 2.29. The first-order valence-electron chi connectivity index (χ1n) is 11.9. The van der Waals surface area contributed by atoms with E-state index in [1.54, 1.807) is 24.6 Å². The summed E-state index contributed by atoms with van der Waals surface area (Å²) in [6, 6.07) is 0. The number of aromatic nitrogens is 2. The molecule has 198 valence electrons. The van der Waals surface area contributed by atoms with E-state index in [2.05, 4.69) is 9.97 Å². The van der Waals surface area contributed by atoms with Crippen LogP contribution < -0.4 is 0 Å². The first-order chi connectivity index (χ1) is 17.5. The molecular formula is C26H30ClFN4O4S. The van der Waals surface area contributed by atoms with Crippen molar-refractivity contribution in [2.45, 2.75) is 44.6 Å². The van der Waals surface area contributed by atoms with E-state index in [1.807, 2.05) is 6.92 Å². The second kappa shape index (κ2) is 12.1. The Morgan fingerprint density at radius 1 is 1.19 bits per heavy atom. The van der Waals surface area contributed by atoms with Gasteiger partial charge < -0.3 is 14.9 Å². The number of hydrogen-bond acceptors (Lipinski definition) is 7. The van der Waals surface area contributed by atoms with Crippen LogP contribution in [0.3, 0.4) is 0 Å². The van der Waals surface area contributed by atoms with E-state index < -0.39 is 23.2 Å². The molecule has 2 aromatic heterocycles. The van der Waals surface area contributed by atoms with Crippen molar-refractivity contribution in [3.05, 3.63) is 56.8 Å². The first-order valence-corrected chi connectivity index (χ1v) is 13.1. The summed E-state index contributed by atoms with van der Waals surface area (Å²) in [4.78, 5) is 49.1. The van der Waals surface area contributed by atoms with Gasteiger partial charge in [0.25, 0.3) is 17.6 Å². The molecule has 2 aromatic rings. The molecular weight excluding hydrogens is 519 g/mol. The second-order valence-electron chi connectivity index (χ2n) is 9.23. The number of amides is 2. The van der Waals surface area contributed by atoms with Crippen molar-refractivity contribution in [3.63, 3.8) is 0 Å². The van der Waals surface area contributed by atoms with Crippen LogP contribution in [0.5, 0.6) is 0 Å². The number of allylic oxidation sites excluding steroid dienone is 6. The average molecular weight is 549 g/mol. The van der Waals surface area contributed by atoms with Crippen LogP contribution in [0.25, 0.3) is 11.0 Å². The van der Waals surface area contributed by atoms with Gasteiger partial charge in [-0.3, -0.25) is 14.4 Å². The van der Waals surface area contributed by atoms with E-state index in [0.29, 0.717) is 37.6 Å². The summed E-state index contributed by atoms with van der Waals surface area (Å²) >= 11 is 7.27. The fourth-order valence-corrected chi connectivity index (χ4v) is 4.87. The van der Waals surface area contributed by atoms with E-state index in [9.17, 15) is 23.9 Å². The molecule has 37 heavy (non-hydrogen) atoms. The minimum atomic E-state index is -1.02. The average Bonchev–Trinajstić information content (AvgIpc) is 3.16. The van der Waals surface area contributed by atoms with Gasteiger partial charge in [0.1, 0.15) is 21.7 Å². The third-order valence-electron chi connectivity index (χ3n) is 6.36. The van der Waals surface area contributed by atoms with Gasteiger partial charge in [-0.2, -0.15) is 0 Å². The third-order valence-corrected chi connectivity index (χ3v) is 7.58. The zero-order valence-electron chi connectivity index (χ0n) is 21.3. The molecule has 1 atom stereocenters. The summed E-state index contributed by atoms with van der Waals surface area (Å²) in [7, 11) is 4.52. The second-order valence-corrected chi connectivity index (χ2v) is 10.5. The number of aliphatic hydroxyl groups is 1. The molecule has 3 rings (SSSR count). The highest BCUT2D eigenvalue weighted by atomic mass is 35.5. The molecule has 1 unspecified atom stereocenters. The van der Waals surface area contributed by atoms with Crippen molar-refractivity contribution >= 4 is 51.6 Å². The largest absolute Gasteiger partial charge is 0.390 e. The van der Waals surface area contributed by atoms with Gasteiger partial charge in [-0.25, -0.2) is 14.4 Å². The highest BCUT2D eigenvalue weighted by molar-refractivity contribution is 7.14. The predicted octanol–water partition coefficient (Wildman–Crippen LogP) is 4.74. The zero-order chi connectivity index (χ0) is 27.3. The maximum Gasteiger partial charge on any atom is 0.295 e. The molecule has 1 aliphatic carbocycles. The number of Topliss-reactive ketones (excluding diaryl/α,β-unsaturated/α-hetero) is 1. The maximum absolute atomic E-state index is 13.4. The molecule has 0 spiro atoms. The molecule has 1 N–H and O–H groups in total. The quantitative estimate of drug-likeness (QED) is 0.340. The highest BCUT2D eigenvalue weighted by Crippen LogP contribution is 2.29. The molecule has 0 saturated carbocycles. The molecule has 2 amide bonds. The number of rotatable bonds is 10. The SMILES string of the molecule is CCC(O)(CCC1=CC=C(F)C=CC1)CCN(C)C(=O)c1nc2c(C(=O)C(=O)N(C)C)scc2nc1Cl. The third kappa shape index (κ3) is 6.88. The van der Waals surface area contributed by atoms with E-state index >= 15 is 0 Å². The van der Waals surface area contributed by atoms with Crippen LogP contribution in [-0.4, -0.2) is 75.8 Å². The van der Waals surface area contributed by atoms with E-state index in [1.165, 1.54) is 36.0 Å². The molecule has 0 fully saturated rings. The van der Waals surface area contributed by atoms with Gasteiger partial charge >= 0.3 is 0 Å². The standard InChI is InChI=1S/C26H30ClFN4O4S/c1-5-26(36,12-11-16-7-6-8-17(28)10-9-16)13-14-32(4)24(34)20-23(27)29-18-15-37-22(19(18)30-20)21(33)25(35)31(2)3/h6,8-10,15,36H,5,7,11-14H2,1-4H3. The van der Waals surface area contributed by atoms with Crippen LogP contribution in [0, 0.1) is 0 Å². The van der Waals surface area contributed by atoms with E-state index in [4.69, 9.17) is 11.6 Å².